The Morgan fingerprint density at radius 3 is 3.00 bits per heavy atom. The average Bonchev–Trinajstić information content (AvgIpc) is 2.59. The molecule has 0 unspecified atom stereocenters. The first-order valence-corrected chi connectivity index (χ1v) is 9.89. The van der Waals surface area contributed by atoms with Crippen molar-refractivity contribution in [2.45, 2.75) is 18.9 Å². The van der Waals surface area contributed by atoms with E-state index in [4.69, 9.17) is 9.47 Å². The zero-order chi connectivity index (χ0) is 17.2. The number of ether oxygens (including phenoxy) is 2. The number of fused-ring (bicyclic) bond motifs is 1. The number of morpholine rings is 1. The van der Waals surface area contributed by atoms with Gasteiger partial charge in [-0.2, -0.15) is 4.31 Å². The summed E-state index contributed by atoms with van der Waals surface area (Å²) in [6, 6.07) is 5.42. The summed E-state index contributed by atoms with van der Waals surface area (Å²) in [6.07, 6.45) is 2.71. The van der Waals surface area contributed by atoms with Gasteiger partial charge >= 0.3 is 0 Å². The molecule has 0 aliphatic carbocycles. The molecular weight excluding hydrogens is 332 g/mol. The van der Waals surface area contributed by atoms with Gasteiger partial charge in [0.25, 0.3) is 5.91 Å². The SMILES string of the molecule is CS(=O)(=O)N1CCO[C@H](CNC(=O)c2ccc3c(c2)CCCO3)C1. The fourth-order valence-corrected chi connectivity index (χ4v) is 3.77. The van der Waals surface area contributed by atoms with Gasteiger partial charge in [-0.25, -0.2) is 8.42 Å². The third-order valence-electron chi connectivity index (χ3n) is 4.23. The largest absolute Gasteiger partial charge is 0.493 e. The number of nitrogens with one attached hydrogen (secondary N) is 1. The van der Waals surface area contributed by atoms with Gasteiger partial charge in [0.2, 0.25) is 10.0 Å². The molecule has 2 aliphatic rings. The maximum Gasteiger partial charge on any atom is 0.251 e. The molecule has 1 atom stereocenters. The zero-order valence-corrected chi connectivity index (χ0v) is 14.5. The molecule has 7 nitrogen and oxygen atoms in total. The monoisotopic (exact) mass is 354 g/mol. The highest BCUT2D eigenvalue weighted by Crippen LogP contribution is 2.25. The standard InChI is InChI=1S/C16H22N2O5S/c1-24(20,21)18-6-8-22-14(11-18)10-17-16(19)13-4-5-15-12(9-13)3-2-7-23-15/h4-5,9,14H,2-3,6-8,10-11H2,1H3,(H,17,19)/t14-/m1/s1. The van der Waals surface area contributed by atoms with Gasteiger partial charge in [0.05, 0.1) is 25.6 Å². The van der Waals surface area contributed by atoms with E-state index in [1.54, 1.807) is 6.07 Å². The molecule has 2 aliphatic heterocycles. The highest BCUT2D eigenvalue weighted by Gasteiger charge is 2.26. The topological polar surface area (TPSA) is 84.9 Å². The molecule has 0 saturated carbocycles. The summed E-state index contributed by atoms with van der Waals surface area (Å²) < 4.78 is 35.7. The summed E-state index contributed by atoms with van der Waals surface area (Å²) in [5.74, 6) is 0.653. The minimum atomic E-state index is -3.23. The highest BCUT2D eigenvalue weighted by atomic mass is 32.2. The van der Waals surface area contributed by atoms with E-state index in [-0.39, 0.29) is 25.1 Å². The van der Waals surface area contributed by atoms with E-state index < -0.39 is 10.0 Å². The lowest BCUT2D eigenvalue weighted by atomic mass is 10.0. The van der Waals surface area contributed by atoms with Crippen molar-refractivity contribution in [3.8, 4) is 5.75 Å². The first kappa shape index (κ1) is 17.2. The number of hydrogen-bond donors (Lipinski definition) is 1. The molecule has 1 fully saturated rings. The number of rotatable bonds is 4. The average molecular weight is 354 g/mol. The van der Waals surface area contributed by atoms with Crippen LogP contribution in [0.3, 0.4) is 0 Å². The van der Waals surface area contributed by atoms with Crippen LogP contribution in [0.4, 0.5) is 0 Å². The van der Waals surface area contributed by atoms with Crippen LogP contribution in [0.5, 0.6) is 5.75 Å². The van der Waals surface area contributed by atoms with Crippen molar-refractivity contribution in [2.24, 2.45) is 0 Å². The number of sulfonamides is 1. The molecule has 1 amide bonds. The van der Waals surface area contributed by atoms with Crippen LogP contribution in [0.1, 0.15) is 22.3 Å². The minimum absolute atomic E-state index is 0.191. The van der Waals surface area contributed by atoms with E-state index in [9.17, 15) is 13.2 Å². The Kier molecular flexibility index (Phi) is 5.07. The summed E-state index contributed by atoms with van der Waals surface area (Å²) in [5.41, 5.74) is 1.63. The fourth-order valence-electron chi connectivity index (χ4n) is 2.93. The van der Waals surface area contributed by atoms with Crippen molar-refractivity contribution >= 4 is 15.9 Å². The van der Waals surface area contributed by atoms with Crippen molar-refractivity contribution in [3.63, 3.8) is 0 Å². The number of amides is 1. The molecule has 1 saturated heterocycles. The molecular formula is C16H22N2O5S. The third-order valence-corrected chi connectivity index (χ3v) is 5.50. The van der Waals surface area contributed by atoms with Gasteiger partial charge in [0.15, 0.2) is 0 Å². The maximum atomic E-state index is 12.3. The van der Waals surface area contributed by atoms with Gasteiger partial charge in [0.1, 0.15) is 5.75 Å². The predicted octanol–water partition coefficient (Wildman–Crippen LogP) is 0.402. The van der Waals surface area contributed by atoms with E-state index in [2.05, 4.69) is 5.32 Å². The second-order valence-corrected chi connectivity index (χ2v) is 8.08. The van der Waals surface area contributed by atoms with Crippen LogP contribution in [0.15, 0.2) is 18.2 Å². The van der Waals surface area contributed by atoms with Gasteiger partial charge in [-0.1, -0.05) is 0 Å². The first-order chi connectivity index (χ1) is 11.4. The van der Waals surface area contributed by atoms with E-state index in [0.717, 1.165) is 24.2 Å². The molecule has 1 N–H and O–H groups in total. The lowest BCUT2D eigenvalue weighted by Gasteiger charge is -2.31. The number of hydrogen-bond acceptors (Lipinski definition) is 5. The molecule has 0 radical (unpaired) electrons. The van der Waals surface area contributed by atoms with Crippen LogP contribution in [0.25, 0.3) is 0 Å². The number of carbonyl (C=O) groups is 1. The Balaban J connectivity index is 1.57. The Morgan fingerprint density at radius 1 is 1.38 bits per heavy atom. The Hall–Kier alpha value is -1.64. The van der Waals surface area contributed by atoms with Gasteiger partial charge < -0.3 is 14.8 Å². The van der Waals surface area contributed by atoms with E-state index in [0.29, 0.717) is 25.3 Å². The number of nitrogens with zero attached hydrogens (tertiary/aromatic N) is 1. The number of carbonyl (C=O) groups excluding carboxylic acids is 1. The Morgan fingerprint density at radius 2 is 2.21 bits per heavy atom. The molecule has 24 heavy (non-hydrogen) atoms. The van der Waals surface area contributed by atoms with Crippen molar-refractivity contribution in [2.75, 3.05) is 39.1 Å². The Bertz CT molecular complexity index is 719. The molecule has 2 heterocycles. The van der Waals surface area contributed by atoms with E-state index in [1.807, 2.05) is 12.1 Å². The highest BCUT2D eigenvalue weighted by molar-refractivity contribution is 7.88. The summed E-state index contributed by atoms with van der Waals surface area (Å²) in [5, 5.41) is 2.82. The van der Waals surface area contributed by atoms with Crippen molar-refractivity contribution in [1.29, 1.82) is 0 Å². The quantitative estimate of drug-likeness (QED) is 0.846. The van der Waals surface area contributed by atoms with Gasteiger partial charge in [0, 0.05) is 25.2 Å². The Labute approximate surface area is 142 Å². The summed E-state index contributed by atoms with van der Waals surface area (Å²) in [6.45, 7) is 1.95. The fraction of sp³-hybridized carbons (Fsp3) is 0.562. The van der Waals surface area contributed by atoms with Gasteiger partial charge in [-0.3, -0.25) is 4.79 Å². The predicted molar refractivity (Wildman–Crippen MR) is 88.7 cm³/mol. The van der Waals surface area contributed by atoms with Crippen molar-refractivity contribution in [1.82, 2.24) is 9.62 Å². The molecule has 1 aromatic rings. The van der Waals surface area contributed by atoms with Gasteiger partial charge in [-0.05, 0) is 36.6 Å². The smallest absolute Gasteiger partial charge is 0.251 e. The first-order valence-electron chi connectivity index (χ1n) is 8.04. The van der Waals surface area contributed by atoms with E-state index >= 15 is 0 Å². The molecule has 0 aromatic heterocycles. The van der Waals surface area contributed by atoms with Crippen molar-refractivity contribution < 1.29 is 22.7 Å². The van der Waals surface area contributed by atoms with Crippen molar-refractivity contribution in [3.05, 3.63) is 29.3 Å². The van der Waals surface area contributed by atoms with Crippen LogP contribution in [0.2, 0.25) is 0 Å². The summed E-state index contributed by atoms with van der Waals surface area (Å²) >= 11 is 0. The van der Waals surface area contributed by atoms with Crippen LogP contribution < -0.4 is 10.1 Å². The van der Waals surface area contributed by atoms with Crippen LogP contribution >= 0.6 is 0 Å². The molecule has 0 bridgehead atoms. The third kappa shape index (κ3) is 4.06. The van der Waals surface area contributed by atoms with Crippen LogP contribution in [-0.4, -0.2) is 63.8 Å². The lowest BCUT2D eigenvalue weighted by molar-refractivity contribution is 0.000437. The maximum absolute atomic E-state index is 12.3. The molecule has 3 rings (SSSR count). The molecule has 1 aromatic carbocycles. The zero-order valence-electron chi connectivity index (χ0n) is 13.7. The van der Waals surface area contributed by atoms with Crippen LogP contribution in [-0.2, 0) is 21.2 Å². The molecule has 8 heteroatoms. The number of benzene rings is 1. The minimum Gasteiger partial charge on any atom is -0.493 e. The summed E-state index contributed by atoms with van der Waals surface area (Å²) in [7, 11) is -3.23. The normalized spacial score (nSPS) is 21.6. The van der Waals surface area contributed by atoms with Gasteiger partial charge in [-0.15, -0.1) is 0 Å². The van der Waals surface area contributed by atoms with Crippen LogP contribution in [0, 0.1) is 0 Å². The molecule has 132 valence electrons. The number of aryl methyl sites for hydroxylation is 1. The van der Waals surface area contributed by atoms with E-state index in [1.165, 1.54) is 10.6 Å². The molecule has 0 spiro atoms. The second-order valence-electron chi connectivity index (χ2n) is 6.10. The summed E-state index contributed by atoms with van der Waals surface area (Å²) in [4.78, 5) is 12.3. The second kappa shape index (κ2) is 7.08. The lowest BCUT2D eigenvalue weighted by Crippen LogP contribution is -2.49.